The smallest absolute Gasteiger partial charge is 0.142 e. The lowest BCUT2D eigenvalue weighted by molar-refractivity contribution is 0.922. The number of nitrogens with two attached hydrogens (primary N) is 1. The Hall–Kier alpha value is -3.19. The lowest BCUT2D eigenvalue weighted by atomic mass is 9.99. The second kappa shape index (κ2) is 6.93. The van der Waals surface area contributed by atoms with Gasteiger partial charge in [0.25, 0.3) is 0 Å². The molecule has 3 rings (SSSR count). The van der Waals surface area contributed by atoms with E-state index in [4.69, 9.17) is 5.73 Å². The summed E-state index contributed by atoms with van der Waals surface area (Å²) < 4.78 is 0. The number of rotatable bonds is 4. The molecule has 118 valence electrons. The summed E-state index contributed by atoms with van der Waals surface area (Å²) in [5.41, 5.74) is 11.1. The summed E-state index contributed by atoms with van der Waals surface area (Å²) >= 11 is 0. The van der Waals surface area contributed by atoms with Gasteiger partial charge in [0.2, 0.25) is 0 Å². The SMILES string of the molecule is CCCc1ccc(-c2cc(-c3cccnc3)c(C#N)c(N)n2)cc1. The molecule has 0 bridgehead atoms. The molecule has 0 aliphatic carbocycles. The number of aromatic nitrogens is 2. The predicted octanol–water partition coefficient (Wildman–Crippen LogP) is 4.22. The number of pyridine rings is 2. The normalized spacial score (nSPS) is 10.3. The number of nitrogens with zero attached hydrogens (tertiary/aromatic N) is 3. The van der Waals surface area contributed by atoms with Crippen molar-refractivity contribution < 1.29 is 0 Å². The van der Waals surface area contributed by atoms with Crippen LogP contribution in [0.2, 0.25) is 0 Å². The highest BCUT2D eigenvalue weighted by Crippen LogP contribution is 2.30. The molecule has 0 aliphatic heterocycles. The Bertz CT molecular complexity index is 878. The Morgan fingerprint density at radius 3 is 2.54 bits per heavy atom. The first-order valence-corrected chi connectivity index (χ1v) is 7.93. The van der Waals surface area contributed by atoms with Gasteiger partial charge in [-0.05, 0) is 24.1 Å². The first-order chi connectivity index (χ1) is 11.7. The average Bonchev–Trinajstić information content (AvgIpc) is 2.63. The lowest BCUT2D eigenvalue weighted by Gasteiger charge is -2.10. The maximum Gasteiger partial charge on any atom is 0.142 e. The second-order valence-electron chi connectivity index (χ2n) is 5.62. The van der Waals surface area contributed by atoms with E-state index in [0.29, 0.717) is 5.56 Å². The third-order valence-corrected chi connectivity index (χ3v) is 3.92. The standard InChI is InChI=1S/C20H18N4/c1-2-4-14-6-8-15(9-7-14)19-11-17(16-5-3-10-23-13-16)18(12-21)20(22)24-19/h3,5-11,13H,2,4H2,1H3,(H2,22,24). The number of aryl methyl sites for hydroxylation is 1. The third kappa shape index (κ3) is 3.11. The molecule has 0 fully saturated rings. The molecule has 3 aromatic rings. The van der Waals surface area contributed by atoms with Crippen LogP contribution in [0.15, 0.2) is 54.9 Å². The molecule has 24 heavy (non-hydrogen) atoms. The van der Waals surface area contributed by atoms with Crippen molar-refractivity contribution in [3.63, 3.8) is 0 Å². The Morgan fingerprint density at radius 2 is 1.92 bits per heavy atom. The maximum atomic E-state index is 9.43. The van der Waals surface area contributed by atoms with Crippen LogP contribution in [-0.4, -0.2) is 9.97 Å². The van der Waals surface area contributed by atoms with Crippen molar-refractivity contribution in [1.29, 1.82) is 5.26 Å². The number of nitriles is 1. The van der Waals surface area contributed by atoms with Gasteiger partial charge >= 0.3 is 0 Å². The molecule has 0 spiro atoms. The summed E-state index contributed by atoms with van der Waals surface area (Å²) in [4.78, 5) is 8.54. The van der Waals surface area contributed by atoms with Gasteiger partial charge in [0.05, 0.1) is 5.69 Å². The minimum absolute atomic E-state index is 0.242. The summed E-state index contributed by atoms with van der Waals surface area (Å²) in [6, 6.07) is 16.1. The van der Waals surface area contributed by atoms with Crippen LogP contribution in [0.25, 0.3) is 22.4 Å². The first kappa shape index (κ1) is 15.7. The predicted molar refractivity (Wildman–Crippen MR) is 96.0 cm³/mol. The maximum absolute atomic E-state index is 9.43. The quantitative estimate of drug-likeness (QED) is 0.782. The molecule has 0 unspecified atom stereocenters. The summed E-state index contributed by atoms with van der Waals surface area (Å²) in [6.45, 7) is 2.16. The van der Waals surface area contributed by atoms with E-state index in [1.54, 1.807) is 12.4 Å². The van der Waals surface area contributed by atoms with E-state index >= 15 is 0 Å². The van der Waals surface area contributed by atoms with Crippen molar-refractivity contribution in [3.05, 3.63) is 66.0 Å². The molecule has 2 aromatic heterocycles. The van der Waals surface area contributed by atoms with Crippen molar-refractivity contribution in [2.75, 3.05) is 5.73 Å². The number of hydrogen-bond acceptors (Lipinski definition) is 4. The Labute approximate surface area is 141 Å². The second-order valence-corrected chi connectivity index (χ2v) is 5.62. The first-order valence-electron chi connectivity index (χ1n) is 7.93. The van der Waals surface area contributed by atoms with Crippen LogP contribution < -0.4 is 5.73 Å². The molecule has 4 nitrogen and oxygen atoms in total. The Kier molecular flexibility index (Phi) is 4.53. The molecular formula is C20H18N4. The van der Waals surface area contributed by atoms with Gasteiger partial charge in [-0.3, -0.25) is 4.98 Å². The van der Waals surface area contributed by atoms with E-state index in [0.717, 1.165) is 35.2 Å². The Balaban J connectivity index is 2.10. The minimum atomic E-state index is 0.242. The molecular weight excluding hydrogens is 296 g/mol. The van der Waals surface area contributed by atoms with E-state index in [1.807, 2.05) is 30.3 Å². The van der Waals surface area contributed by atoms with Crippen molar-refractivity contribution in [3.8, 4) is 28.5 Å². The lowest BCUT2D eigenvalue weighted by Crippen LogP contribution is -2.00. The van der Waals surface area contributed by atoms with E-state index in [-0.39, 0.29) is 5.82 Å². The van der Waals surface area contributed by atoms with Crippen molar-refractivity contribution in [1.82, 2.24) is 9.97 Å². The summed E-state index contributed by atoms with van der Waals surface area (Å²) in [7, 11) is 0. The van der Waals surface area contributed by atoms with Gasteiger partial charge in [0, 0.05) is 29.1 Å². The van der Waals surface area contributed by atoms with Crippen LogP contribution in [0.5, 0.6) is 0 Å². The number of benzene rings is 1. The van der Waals surface area contributed by atoms with Gasteiger partial charge in [-0.25, -0.2) is 4.98 Å². The van der Waals surface area contributed by atoms with Gasteiger partial charge in [0.15, 0.2) is 0 Å². The van der Waals surface area contributed by atoms with Crippen LogP contribution >= 0.6 is 0 Å². The van der Waals surface area contributed by atoms with Crippen LogP contribution in [0.4, 0.5) is 5.82 Å². The number of hydrogen-bond donors (Lipinski definition) is 1. The van der Waals surface area contributed by atoms with E-state index in [2.05, 4.69) is 35.1 Å². The highest BCUT2D eigenvalue weighted by atomic mass is 14.8. The van der Waals surface area contributed by atoms with E-state index < -0.39 is 0 Å². The molecule has 0 amide bonds. The minimum Gasteiger partial charge on any atom is -0.383 e. The third-order valence-electron chi connectivity index (χ3n) is 3.92. The molecule has 0 saturated carbocycles. The van der Waals surface area contributed by atoms with E-state index in [1.165, 1.54) is 5.56 Å². The molecule has 0 saturated heterocycles. The number of nitrogen functional groups attached to an aromatic ring is 1. The fraction of sp³-hybridized carbons (Fsp3) is 0.150. The number of anilines is 1. The van der Waals surface area contributed by atoms with Crippen molar-refractivity contribution in [2.24, 2.45) is 0 Å². The molecule has 2 heterocycles. The highest BCUT2D eigenvalue weighted by molar-refractivity contribution is 5.79. The molecule has 0 atom stereocenters. The molecule has 1 aromatic carbocycles. The fourth-order valence-electron chi connectivity index (χ4n) is 2.71. The molecule has 4 heteroatoms. The van der Waals surface area contributed by atoms with Crippen LogP contribution in [0.1, 0.15) is 24.5 Å². The molecule has 0 radical (unpaired) electrons. The zero-order valence-electron chi connectivity index (χ0n) is 13.5. The van der Waals surface area contributed by atoms with Crippen LogP contribution in [0.3, 0.4) is 0 Å². The fourth-order valence-corrected chi connectivity index (χ4v) is 2.71. The highest BCUT2D eigenvalue weighted by Gasteiger charge is 2.13. The monoisotopic (exact) mass is 314 g/mol. The summed E-state index contributed by atoms with van der Waals surface area (Å²) in [5.74, 6) is 0.242. The van der Waals surface area contributed by atoms with Gasteiger partial charge in [-0.15, -0.1) is 0 Å². The van der Waals surface area contributed by atoms with Crippen LogP contribution in [0, 0.1) is 11.3 Å². The van der Waals surface area contributed by atoms with Crippen LogP contribution in [-0.2, 0) is 6.42 Å². The molecule has 2 N–H and O–H groups in total. The zero-order valence-corrected chi connectivity index (χ0v) is 13.5. The van der Waals surface area contributed by atoms with Gasteiger partial charge in [0.1, 0.15) is 17.5 Å². The van der Waals surface area contributed by atoms with Gasteiger partial charge < -0.3 is 5.73 Å². The largest absolute Gasteiger partial charge is 0.383 e. The van der Waals surface area contributed by atoms with Crippen molar-refractivity contribution >= 4 is 5.82 Å². The molecule has 0 aliphatic rings. The van der Waals surface area contributed by atoms with Gasteiger partial charge in [-0.2, -0.15) is 5.26 Å². The van der Waals surface area contributed by atoms with Gasteiger partial charge in [-0.1, -0.05) is 43.7 Å². The average molecular weight is 314 g/mol. The Morgan fingerprint density at radius 1 is 1.12 bits per heavy atom. The topological polar surface area (TPSA) is 75.6 Å². The van der Waals surface area contributed by atoms with E-state index in [9.17, 15) is 5.26 Å². The summed E-state index contributed by atoms with van der Waals surface area (Å²) in [6.07, 6.45) is 5.61. The van der Waals surface area contributed by atoms with Crippen molar-refractivity contribution in [2.45, 2.75) is 19.8 Å². The zero-order chi connectivity index (χ0) is 16.9. The summed E-state index contributed by atoms with van der Waals surface area (Å²) in [5, 5.41) is 9.43.